The standard InChI is InChI=1S/C11H15NO3/c1-3-11(14)15-10(8-13)9-6-5-7-12(9)4-2/h4,9H,2-3,5-7H2,1H3. The van der Waals surface area contributed by atoms with Gasteiger partial charge in [-0.05, 0) is 19.0 Å². The van der Waals surface area contributed by atoms with Crippen LogP contribution in [0.15, 0.2) is 18.5 Å². The van der Waals surface area contributed by atoms with Crippen molar-refractivity contribution in [3.05, 3.63) is 18.5 Å². The smallest absolute Gasteiger partial charge is 0.311 e. The van der Waals surface area contributed by atoms with Crippen LogP contribution in [-0.4, -0.2) is 29.4 Å². The number of ether oxygens (including phenoxy) is 1. The number of hydrogen-bond acceptors (Lipinski definition) is 4. The summed E-state index contributed by atoms with van der Waals surface area (Å²) < 4.78 is 4.93. The normalized spacial score (nSPS) is 19.5. The largest absolute Gasteiger partial charge is 0.417 e. The summed E-state index contributed by atoms with van der Waals surface area (Å²) in [6.07, 6.45) is 3.68. The first-order valence-electron chi connectivity index (χ1n) is 5.06. The highest BCUT2D eigenvalue weighted by molar-refractivity contribution is 5.72. The van der Waals surface area contributed by atoms with Gasteiger partial charge in [0.15, 0.2) is 5.94 Å². The highest BCUT2D eigenvalue weighted by Gasteiger charge is 2.28. The van der Waals surface area contributed by atoms with Crippen LogP contribution in [0.25, 0.3) is 0 Å². The van der Waals surface area contributed by atoms with Crippen molar-refractivity contribution in [3.8, 4) is 0 Å². The molecule has 0 amide bonds. The zero-order chi connectivity index (χ0) is 11.3. The average molecular weight is 209 g/mol. The molecule has 0 aromatic rings. The highest BCUT2D eigenvalue weighted by atomic mass is 16.5. The van der Waals surface area contributed by atoms with E-state index in [9.17, 15) is 9.59 Å². The third kappa shape index (κ3) is 2.70. The Balaban J connectivity index is 2.70. The third-order valence-electron chi connectivity index (χ3n) is 2.44. The van der Waals surface area contributed by atoms with Crippen molar-refractivity contribution in [2.45, 2.75) is 32.2 Å². The number of likely N-dealkylation sites (tertiary alicyclic amines) is 1. The van der Waals surface area contributed by atoms with Gasteiger partial charge in [0.2, 0.25) is 5.76 Å². The van der Waals surface area contributed by atoms with E-state index in [0.29, 0.717) is 0 Å². The van der Waals surface area contributed by atoms with Gasteiger partial charge in [-0.2, -0.15) is 0 Å². The molecule has 1 aliphatic heterocycles. The molecule has 0 spiro atoms. The fourth-order valence-corrected chi connectivity index (χ4v) is 1.64. The summed E-state index contributed by atoms with van der Waals surface area (Å²) in [5.41, 5.74) is 0. The van der Waals surface area contributed by atoms with Gasteiger partial charge in [0.05, 0.1) is 6.04 Å². The quantitative estimate of drug-likeness (QED) is 0.397. The van der Waals surface area contributed by atoms with E-state index in [1.54, 1.807) is 19.1 Å². The van der Waals surface area contributed by atoms with Gasteiger partial charge >= 0.3 is 5.97 Å². The van der Waals surface area contributed by atoms with Crippen molar-refractivity contribution in [3.63, 3.8) is 0 Å². The van der Waals surface area contributed by atoms with Crippen LogP contribution in [-0.2, 0) is 14.3 Å². The third-order valence-corrected chi connectivity index (χ3v) is 2.44. The lowest BCUT2D eigenvalue weighted by Crippen LogP contribution is -2.28. The molecule has 0 saturated carbocycles. The molecule has 1 aliphatic rings. The van der Waals surface area contributed by atoms with E-state index in [1.165, 1.54) is 0 Å². The minimum atomic E-state index is -0.399. The lowest BCUT2D eigenvalue weighted by molar-refractivity contribution is -0.139. The number of nitrogens with zero attached hydrogens (tertiary/aromatic N) is 1. The van der Waals surface area contributed by atoms with Crippen molar-refractivity contribution >= 4 is 11.9 Å². The Bertz CT molecular complexity index is 305. The van der Waals surface area contributed by atoms with Gasteiger partial charge in [-0.3, -0.25) is 4.79 Å². The number of hydrogen-bond donors (Lipinski definition) is 0. The molecule has 0 aromatic carbocycles. The summed E-state index contributed by atoms with van der Waals surface area (Å²) in [5, 5.41) is 0. The molecule has 1 fully saturated rings. The maximum absolute atomic E-state index is 11.1. The van der Waals surface area contributed by atoms with Crippen molar-refractivity contribution in [2.24, 2.45) is 0 Å². The Hall–Kier alpha value is -1.54. The molecule has 0 bridgehead atoms. The average Bonchev–Trinajstić information content (AvgIpc) is 2.73. The second kappa shape index (κ2) is 5.37. The maximum Gasteiger partial charge on any atom is 0.311 e. The van der Waals surface area contributed by atoms with Crippen molar-refractivity contribution < 1.29 is 14.3 Å². The molecule has 1 atom stereocenters. The molecular formula is C11H15NO3. The monoisotopic (exact) mass is 209 g/mol. The van der Waals surface area contributed by atoms with Crippen LogP contribution in [0.2, 0.25) is 0 Å². The van der Waals surface area contributed by atoms with Gasteiger partial charge in [-0.25, -0.2) is 4.79 Å². The lowest BCUT2D eigenvalue weighted by atomic mass is 10.2. The van der Waals surface area contributed by atoms with E-state index in [2.05, 4.69) is 6.58 Å². The zero-order valence-electron chi connectivity index (χ0n) is 8.86. The Kier molecular flexibility index (Phi) is 4.13. The van der Waals surface area contributed by atoms with Gasteiger partial charge in [0.25, 0.3) is 0 Å². The minimum absolute atomic E-state index is 0.0826. The number of carbonyl (C=O) groups is 1. The summed E-state index contributed by atoms with van der Waals surface area (Å²) in [6.45, 7) is 6.17. The van der Waals surface area contributed by atoms with E-state index in [4.69, 9.17) is 4.74 Å². The van der Waals surface area contributed by atoms with Gasteiger partial charge < -0.3 is 9.64 Å². The van der Waals surface area contributed by atoms with E-state index in [1.807, 2.05) is 4.90 Å². The topological polar surface area (TPSA) is 46.6 Å². The van der Waals surface area contributed by atoms with Gasteiger partial charge in [0.1, 0.15) is 0 Å². The number of carbonyl (C=O) groups excluding carboxylic acids is 2. The zero-order valence-corrected chi connectivity index (χ0v) is 8.86. The van der Waals surface area contributed by atoms with Crippen LogP contribution in [0, 0.1) is 0 Å². The molecular weight excluding hydrogens is 194 g/mol. The minimum Gasteiger partial charge on any atom is -0.417 e. The molecule has 15 heavy (non-hydrogen) atoms. The Morgan fingerprint density at radius 3 is 3.00 bits per heavy atom. The van der Waals surface area contributed by atoms with Crippen LogP contribution in [0.3, 0.4) is 0 Å². The maximum atomic E-state index is 11.1. The Morgan fingerprint density at radius 2 is 2.47 bits per heavy atom. The molecule has 0 radical (unpaired) electrons. The molecule has 0 aliphatic carbocycles. The Morgan fingerprint density at radius 1 is 1.73 bits per heavy atom. The van der Waals surface area contributed by atoms with Crippen LogP contribution in [0.1, 0.15) is 26.2 Å². The van der Waals surface area contributed by atoms with Crippen molar-refractivity contribution in [1.29, 1.82) is 0 Å². The molecule has 1 heterocycles. The van der Waals surface area contributed by atoms with Crippen LogP contribution < -0.4 is 0 Å². The second-order valence-corrected chi connectivity index (χ2v) is 3.37. The SMILES string of the molecule is C=CN1CCCC1C(=C=O)OC(=O)CC. The number of rotatable bonds is 4. The van der Waals surface area contributed by atoms with E-state index in [-0.39, 0.29) is 18.2 Å². The van der Waals surface area contributed by atoms with Gasteiger partial charge in [0, 0.05) is 13.0 Å². The molecule has 82 valence electrons. The van der Waals surface area contributed by atoms with E-state index >= 15 is 0 Å². The van der Waals surface area contributed by atoms with Crippen LogP contribution in [0.4, 0.5) is 0 Å². The van der Waals surface area contributed by atoms with Crippen molar-refractivity contribution in [2.75, 3.05) is 6.54 Å². The van der Waals surface area contributed by atoms with Crippen LogP contribution >= 0.6 is 0 Å². The van der Waals surface area contributed by atoms with Gasteiger partial charge in [-0.15, -0.1) is 0 Å². The second-order valence-electron chi connectivity index (χ2n) is 3.37. The summed E-state index contributed by atoms with van der Waals surface area (Å²) in [5.74, 6) is 1.39. The molecule has 0 N–H and O–H groups in total. The van der Waals surface area contributed by atoms with Gasteiger partial charge in [-0.1, -0.05) is 13.5 Å². The fraction of sp³-hybridized carbons (Fsp3) is 0.545. The summed E-state index contributed by atoms with van der Waals surface area (Å²) in [4.78, 5) is 23.7. The Labute approximate surface area is 89.2 Å². The predicted molar refractivity (Wildman–Crippen MR) is 55.5 cm³/mol. The molecule has 4 nitrogen and oxygen atoms in total. The highest BCUT2D eigenvalue weighted by Crippen LogP contribution is 2.23. The lowest BCUT2D eigenvalue weighted by Gasteiger charge is -2.21. The first-order valence-corrected chi connectivity index (χ1v) is 5.06. The first-order chi connectivity index (χ1) is 7.22. The summed E-state index contributed by atoms with van der Waals surface area (Å²) in [7, 11) is 0. The molecule has 0 aromatic heterocycles. The predicted octanol–water partition coefficient (Wildman–Crippen LogP) is 1.26. The van der Waals surface area contributed by atoms with E-state index < -0.39 is 5.97 Å². The summed E-state index contributed by atoms with van der Waals surface area (Å²) >= 11 is 0. The molecule has 1 unspecified atom stereocenters. The van der Waals surface area contributed by atoms with Crippen LogP contribution in [0.5, 0.6) is 0 Å². The van der Waals surface area contributed by atoms with Crippen molar-refractivity contribution in [1.82, 2.24) is 4.90 Å². The molecule has 4 heteroatoms. The molecule has 1 saturated heterocycles. The molecule has 1 rings (SSSR count). The number of esters is 1. The first kappa shape index (κ1) is 11.5. The van der Waals surface area contributed by atoms with E-state index in [0.717, 1.165) is 19.4 Å². The fourth-order valence-electron chi connectivity index (χ4n) is 1.64. The summed E-state index contributed by atoms with van der Waals surface area (Å²) in [6, 6.07) is -0.171.